The minimum atomic E-state index is -0.113. The van der Waals surface area contributed by atoms with E-state index in [0.717, 1.165) is 33.3 Å². The van der Waals surface area contributed by atoms with Crippen molar-refractivity contribution in [1.29, 1.82) is 0 Å². The fourth-order valence-electron chi connectivity index (χ4n) is 2.34. The van der Waals surface area contributed by atoms with Crippen LogP contribution in [0.4, 0.5) is 0 Å². The number of fused-ring (bicyclic) bond motifs is 1. The zero-order chi connectivity index (χ0) is 16.8. The normalized spacial score (nSPS) is 10.7. The van der Waals surface area contributed by atoms with E-state index in [1.54, 1.807) is 0 Å². The van der Waals surface area contributed by atoms with E-state index in [-0.39, 0.29) is 12.5 Å². The Morgan fingerprint density at radius 1 is 1.17 bits per heavy atom. The Kier molecular flexibility index (Phi) is 5.68. The summed E-state index contributed by atoms with van der Waals surface area (Å²) in [6.45, 7) is 0.636. The molecule has 0 fully saturated rings. The number of aromatic nitrogens is 2. The molecule has 0 bridgehead atoms. The molecular formula is C18H18IN3O2. The molecule has 2 N–H and O–H groups in total. The number of carbonyl (C=O) groups is 1. The number of para-hydroxylation sites is 2. The summed E-state index contributed by atoms with van der Waals surface area (Å²) in [6.07, 6.45) is 1.63. The second-order valence-corrected chi connectivity index (χ2v) is 6.64. The van der Waals surface area contributed by atoms with Gasteiger partial charge in [0, 0.05) is 16.5 Å². The molecule has 0 radical (unpaired) electrons. The minimum Gasteiger partial charge on any atom is -0.484 e. The molecule has 24 heavy (non-hydrogen) atoms. The van der Waals surface area contributed by atoms with Crippen LogP contribution in [0.3, 0.4) is 0 Å². The van der Waals surface area contributed by atoms with Gasteiger partial charge in [-0.15, -0.1) is 0 Å². The van der Waals surface area contributed by atoms with Gasteiger partial charge in [-0.25, -0.2) is 4.98 Å². The number of aromatic amines is 1. The summed E-state index contributed by atoms with van der Waals surface area (Å²) >= 11 is 2.23. The van der Waals surface area contributed by atoms with E-state index in [1.165, 1.54) is 0 Å². The summed E-state index contributed by atoms with van der Waals surface area (Å²) < 4.78 is 6.58. The fraction of sp³-hybridized carbons (Fsp3) is 0.222. The molecule has 0 aliphatic rings. The number of hydrogen-bond acceptors (Lipinski definition) is 3. The molecule has 0 aliphatic heterocycles. The number of aryl methyl sites for hydroxylation is 1. The maximum absolute atomic E-state index is 11.8. The van der Waals surface area contributed by atoms with E-state index in [2.05, 4.69) is 37.9 Å². The Labute approximate surface area is 154 Å². The van der Waals surface area contributed by atoms with Crippen molar-refractivity contribution in [3.63, 3.8) is 0 Å². The minimum absolute atomic E-state index is 0.0330. The van der Waals surface area contributed by atoms with Crippen LogP contribution in [0.2, 0.25) is 0 Å². The average Bonchev–Trinajstić information content (AvgIpc) is 3.01. The van der Waals surface area contributed by atoms with Gasteiger partial charge >= 0.3 is 0 Å². The van der Waals surface area contributed by atoms with Crippen LogP contribution in [0.1, 0.15) is 12.2 Å². The highest BCUT2D eigenvalue weighted by Gasteiger charge is 2.04. The van der Waals surface area contributed by atoms with Gasteiger partial charge in [0.1, 0.15) is 11.6 Å². The predicted molar refractivity (Wildman–Crippen MR) is 102 cm³/mol. The zero-order valence-corrected chi connectivity index (χ0v) is 15.2. The first-order valence-electron chi connectivity index (χ1n) is 7.79. The van der Waals surface area contributed by atoms with Crippen LogP contribution < -0.4 is 10.1 Å². The maximum Gasteiger partial charge on any atom is 0.257 e. The second kappa shape index (κ2) is 8.14. The Bertz CT molecular complexity index is 782. The van der Waals surface area contributed by atoms with Crippen LogP contribution in [-0.4, -0.2) is 29.0 Å². The zero-order valence-electron chi connectivity index (χ0n) is 13.1. The standard InChI is InChI=1S/C18H18IN3O2/c19-13-7-9-14(10-8-13)24-12-18(23)20-11-3-6-17-21-15-4-1-2-5-16(15)22-17/h1-2,4-5,7-10H,3,6,11-12H2,(H,20,23)(H,21,22). The highest BCUT2D eigenvalue weighted by Crippen LogP contribution is 2.13. The Morgan fingerprint density at radius 2 is 1.96 bits per heavy atom. The fourth-order valence-corrected chi connectivity index (χ4v) is 2.70. The van der Waals surface area contributed by atoms with Crippen molar-refractivity contribution < 1.29 is 9.53 Å². The molecule has 3 aromatic rings. The molecule has 1 amide bonds. The molecule has 0 saturated heterocycles. The first kappa shape index (κ1) is 16.8. The van der Waals surface area contributed by atoms with E-state index in [9.17, 15) is 4.79 Å². The average molecular weight is 435 g/mol. The first-order chi connectivity index (χ1) is 11.7. The molecule has 5 nitrogen and oxygen atoms in total. The largest absolute Gasteiger partial charge is 0.484 e. The quantitative estimate of drug-likeness (QED) is 0.442. The topological polar surface area (TPSA) is 67.0 Å². The predicted octanol–water partition coefficient (Wildman–Crippen LogP) is 3.30. The number of imidazole rings is 1. The second-order valence-electron chi connectivity index (χ2n) is 5.40. The molecule has 6 heteroatoms. The SMILES string of the molecule is O=C(COc1ccc(I)cc1)NCCCc1nc2ccccc2[nH]1. The highest BCUT2D eigenvalue weighted by molar-refractivity contribution is 14.1. The van der Waals surface area contributed by atoms with Gasteiger partial charge in [0.25, 0.3) is 5.91 Å². The summed E-state index contributed by atoms with van der Waals surface area (Å²) in [4.78, 5) is 19.6. The molecule has 1 heterocycles. The van der Waals surface area contributed by atoms with Crippen LogP contribution in [0.5, 0.6) is 5.75 Å². The third-order valence-electron chi connectivity index (χ3n) is 3.53. The van der Waals surface area contributed by atoms with Crippen molar-refractivity contribution in [2.45, 2.75) is 12.8 Å². The molecule has 0 atom stereocenters. The van der Waals surface area contributed by atoms with Crippen molar-refractivity contribution in [1.82, 2.24) is 15.3 Å². The summed E-state index contributed by atoms with van der Waals surface area (Å²) in [5.41, 5.74) is 2.02. The molecule has 0 unspecified atom stereocenters. The Balaban J connectivity index is 1.36. The van der Waals surface area contributed by atoms with E-state index in [4.69, 9.17) is 4.74 Å². The van der Waals surface area contributed by atoms with Gasteiger partial charge in [-0.2, -0.15) is 0 Å². The van der Waals surface area contributed by atoms with Gasteiger partial charge in [-0.1, -0.05) is 12.1 Å². The smallest absolute Gasteiger partial charge is 0.257 e. The lowest BCUT2D eigenvalue weighted by atomic mass is 10.3. The number of hydrogen-bond donors (Lipinski definition) is 2. The molecule has 1 aromatic heterocycles. The molecule has 0 spiro atoms. The molecule has 3 rings (SSSR count). The first-order valence-corrected chi connectivity index (χ1v) is 8.87. The highest BCUT2D eigenvalue weighted by atomic mass is 127. The summed E-state index contributed by atoms with van der Waals surface area (Å²) in [7, 11) is 0. The van der Waals surface area contributed by atoms with Crippen LogP contribution in [0.25, 0.3) is 11.0 Å². The van der Waals surface area contributed by atoms with E-state index < -0.39 is 0 Å². The van der Waals surface area contributed by atoms with Gasteiger partial charge in [-0.05, 0) is 65.4 Å². The lowest BCUT2D eigenvalue weighted by molar-refractivity contribution is -0.123. The Morgan fingerprint density at radius 3 is 2.75 bits per heavy atom. The number of ether oxygens (including phenoxy) is 1. The third-order valence-corrected chi connectivity index (χ3v) is 4.25. The molecular weight excluding hydrogens is 417 g/mol. The third kappa shape index (κ3) is 4.70. The van der Waals surface area contributed by atoms with Crippen molar-refractivity contribution in [3.8, 4) is 5.75 Å². The Hall–Kier alpha value is -2.09. The van der Waals surface area contributed by atoms with Crippen LogP contribution >= 0.6 is 22.6 Å². The summed E-state index contributed by atoms with van der Waals surface area (Å²) in [6, 6.07) is 15.6. The number of halogens is 1. The van der Waals surface area contributed by atoms with Crippen LogP contribution in [0.15, 0.2) is 48.5 Å². The van der Waals surface area contributed by atoms with Crippen molar-refractivity contribution >= 4 is 39.5 Å². The molecule has 0 aliphatic carbocycles. The molecule has 0 saturated carbocycles. The molecule has 124 valence electrons. The van der Waals surface area contributed by atoms with E-state index in [0.29, 0.717) is 12.3 Å². The number of H-pyrrole nitrogens is 1. The number of amides is 1. The van der Waals surface area contributed by atoms with Crippen LogP contribution in [-0.2, 0) is 11.2 Å². The van der Waals surface area contributed by atoms with Gasteiger partial charge in [-0.3, -0.25) is 4.79 Å². The number of nitrogens with one attached hydrogen (secondary N) is 2. The summed E-state index contributed by atoms with van der Waals surface area (Å²) in [5, 5.41) is 2.86. The number of carbonyl (C=O) groups excluding carboxylic acids is 1. The monoisotopic (exact) mass is 435 g/mol. The van der Waals surface area contributed by atoms with Crippen molar-refractivity contribution in [2.24, 2.45) is 0 Å². The van der Waals surface area contributed by atoms with E-state index in [1.807, 2.05) is 48.5 Å². The number of nitrogens with zero attached hydrogens (tertiary/aromatic N) is 1. The summed E-state index contributed by atoms with van der Waals surface area (Å²) in [5.74, 6) is 1.53. The number of rotatable bonds is 7. The van der Waals surface area contributed by atoms with Gasteiger partial charge in [0.15, 0.2) is 6.61 Å². The van der Waals surface area contributed by atoms with Gasteiger partial charge in [0.05, 0.1) is 11.0 Å². The van der Waals surface area contributed by atoms with Crippen molar-refractivity contribution in [2.75, 3.05) is 13.2 Å². The number of benzene rings is 2. The van der Waals surface area contributed by atoms with Crippen molar-refractivity contribution in [3.05, 3.63) is 57.9 Å². The van der Waals surface area contributed by atoms with Gasteiger partial charge < -0.3 is 15.0 Å². The van der Waals surface area contributed by atoms with Gasteiger partial charge in [0.2, 0.25) is 0 Å². The van der Waals surface area contributed by atoms with E-state index >= 15 is 0 Å². The lowest BCUT2D eigenvalue weighted by Crippen LogP contribution is -2.29. The van der Waals surface area contributed by atoms with Crippen LogP contribution in [0, 0.1) is 3.57 Å². The lowest BCUT2D eigenvalue weighted by Gasteiger charge is -2.07. The maximum atomic E-state index is 11.8. The molecule has 2 aromatic carbocycles.